The smallest absolute Gasteiger partial charge is 0.164 e. The Morgan fingerprint density at radius 1 is 1.35 bits per heavy atom. The second-order valence-electron chi connectivity index (χ2n) is 3.78. The number of rotatable bonds is 3. The standard InChI is InChI=1S/C12H13BrClN3/c1-3-17-11(7-14)15-16-12(17)10-6-9(13)5-4-8(10)2/h4-6H,3,7H2,1-2H3. The highest BCUT2D eigenvalue weighted by Crippen LogP contribution is 2.26. The van der Waals surface area contributed by atoms with Crippen molar-refractivity contribution in [1.29, 1.82) is 0 Å². The van der Waals surface area contributed by atoms with Crippen LogP contribution in [0.5, 0.6) is 0 Å². The fraction of sp³-hybridized carbons (Fsp3) is 0.333. The molecular weight excluding hydrogens is 302 g/mol. The van der Waals surface area contributed by atoms with Crippen LogP contribution in [0.15, 0.2) is 22.7 Å². The highest BCUT2D eigenvalue weighted by atomic mass is 79.9. The fourth-order valence-electron chi connectivity index (χ4n) is 1.80. The molecule has 0 aliphatic rings. The van der Waals surface area contributed by atoms with E-state index < -0.39 is 0 Å². The van der Waals surface area contributed by atoms with Gasteiger partial charge in [-0.25, -0.2) is 0 Å². The number of aryl methyl sites for hydroxylation is 1. The molecule has 2 rings (SSSR count). The van der Waals surface area contributed by atoms with Crippen LogP contribution in [-0.4, -0.2) is 14.8 Å². The first-order valence-corrected chi connectivity index (χ1v) is 6.74. The van der Waals surface area contributed by atoms with Gasteiger partial charge < -0.3 is 4.57 Å². The molecule has 0 aliphatic carbocycles. The second-order valence-corrected chi connectivity index (χ2v) is 4.96. The summed E-state index contributed by atoms with van der Waals surface area (Å²) in [5, 5.41) is 8.36. The quantitative estimate of drug-likeness (QED) is 0.807. The molecule has 3 nitrogen and oxygen atoms in total. The molecule has 0 saturated carbocycles. The summed E-state index contributed by atoms with van der Waals surface area (Å²) in [6.45, 7) is 4.95. The molecule has 0 radical (unpaired) electrons. The van der Waals surface area contributed by atoms with Crippen molar-refractivity contribution in [3.63, 3.8) is 0 Å². The van der Waals surface area contributed by atoms with Crippen molar-refractivity contribution in [3.8, 4) is 11.4 Å². The average molecular weight is 315 g/mol. The maximum absolute atomic E-state index is 5.85. The van der Waals surface area contributed by atoms with E-state index >= 15 is 0 Å². The zero-order valence-corrected chi connectivity index (χ0v) is 12.1. The number of hydrogen-bond donors (Lipinski definition) is 0. The topological polar surface area (TPSA) is 30.7 Å². The summed E-state index contributed by atoms with van der Waals surface area (Å²) in [4.78, 5) is 0. The number of benzene rings is 1. The van der Waals surface area contributed by atoms with Gasteiger partial charge >= 0.3 is 0 Å². The van der Waals surface area contributed by atoms with Crippen molar-refractivity contribution in [2.24, 2.45) is 0 Å². The van der Waals surface area contributed by atoms with E-state index in [0.717, 1.165) is 28.2 Å². The van der Waals surface area contributed by atoms with E-state index in [1.165, 1.54) is 5.56 Å². The average Bonchev–Trinajstić information content (AvgIpc) is 2.74. The molecule has 0 aliphatic heterocycles. The molecule has 0 unspecified atom stereocenters. The first-order chi connectivity index (χ1) is 8.17. The van der Waals surface area contributed by atoms with Crippen LogP contribution >= 0.6 is 27.5 Å². The Bertz CT molecular complexity index is 537. The Morgan fingerprint density at radius 2 is 2.12 bits per heavy atom. The summed E-state index contributed by atoms with van der Waals surface area (Å²) in [6.07, 6.45) is 0. The van der Waals surface area contributed by atoms with Crippen LogP contribution in [0.4, 0.5) is 0 Å². The number of hydrogen-bond acceptors (Lipinski definition) is 2. The van der Waals surface area contributed by atoms with Crippen molar-refractivity contribution in [3.05, 3.63) is 34.1 Å². The lowest BCUT2D eigenvalue weighted by atomic mass is 10.1. The van der Waals surface area contributed by atoms with E-state index in [9.17, 15) is 0 Å². The highest BCUT2D eigenvalue weighted by Gasteiger charge is 2.13. The minimum atomic E-state index is 0.383. The Balaban J connectivity index is 2.59. The molecule has 1 heterocycles. The number of nitrogens with zero attached hydrogens (tertiary/aromatic N) is 3. The Kier molecular flexibility index (Phi) is 3.84. The largest absolute Gasteiger partial charge is 0.310 e. The van der Waals surface area contributed by atoms with Crippen LogP contribution in [0.25, 0.3) is 11.4 Å². The van der Waals surface area contributed by atoms with Gasteiger partial charge in [0.25, 0.3) is 0 Å². The molecule has 0 fully saturated rings. The van der Waals surface area contributed by atoms with Gasteiger partial charge in [-0.3, -0.25) is 0 Å². The van der Waals surface area contributed by atoms with Crippen LogP contribution in [0.2, 0.25) is 0 Å². The van der Waals surface area contributed by atoms with E-state index in [4.69, 9.17) is 11.6 Å². The van der Waals surface area contributed by atoms with E-state index in [1.807, 2.05) is 10.6 Å². The zero-order chi connectivity index (χ0) is 12.4. The minimum absolute atomic E-state index is 0.383. The molecule has 0 saturated heterocycles. The maximum atomic E-state index is 5.85. The molecule has 90 valence electrons. The SMILES string of the molecule is CCn1c(CCl)nnc1-c1cc(Br)ccc1C. The summed E-state index contributed by atoms with van der Waals surface area (Å²) in [5.74, 6) is 2.07. The van der Waals surface area contributed by atoms with Crippen molar-refractivity contribution in [2.45, 2.75) is 26.3 Å². The van der Waals surface area contributed by atoms with Crippen LogP contribution < -0.4 is 0 Å². The lowest BCUT2D eigenvalue weighted by molar-refractivity contribution is 0.730. The van der Waals surface area contributed by atoms with Crippen LogP contribution in [-0.2, 0) is 12.4 Å². The van der Waals surface area contributed by atoms with E-state index in [0.29, 0.717) is 5.88 Å². The number of aromatic nitrogens is 3. The molecule has 0 bridgehead atoms. The molecule has 0 atom stereocenters. The summed E-state index contributed by atoms with van der Waals surface area (Å²) < 4.78 is 3.08. The molecule has 0 N–H and O–H groups in total. The minimum Gasteiger partial charge on any atom is -0.310 e. The first kappa shape index (κ1) is 12.6. The third-order valence-corrected chi connectivity index (χ3v) is 3.44. The number of halogens is 2. The molecule has 17 heavy (non-hydrogen) atoms. The summed E-state index contributed by atoms with van der Waals surface area (Å²) in [7, 11) is 0. The van der Waals surface area contributed by atoms with Crippen LogP contribution in [0, 0.1) is 6.92 Å². The summed E-state index contributed by atoms with van der Waals surface area (Å²) >= 11 is 9.33. The van der Waals surface area contributed by atoms with Crippen LogP contribution in [0.1, 0.15) is 18.3 Å². The second kappa shape index (κ2) is 5.19. The Labute approximate surface area is 114 Å². The van der Waals surface area contributed by atoms with E-state index in [-0.39, 0.29) is 0 Å². The third-order valence-electron chi connectivity index (χ3n) is 2.70. The highest BCUT2D eigenvalue weighted by molar-refractivity contribution is 9.10. The number of alkyl halides is 1. The maximum Gasteiger partial charge on any atom is 0.164 e. The molecule has 2 aromatic rings. The lowest BCUT2D eigenvalue weighted by Gasteiger charge is -2.08. The van der Waals surface area contributed by atoms with Crippen molar-refractivity contribution in [1.82, 2.24) is 14.8 Å². The third kappa shape index (κ3) is 2.38. The first-order valence-electron chi connectivity index (χ1n) is 5.42. The van der Waals surface area contributed by atoms with E-state index in [2.05, 4.69) is 52.1 Å². The van der Waals surface area contributed by atoms with Gasteiger partial charge in [0.15, 0.2) is 5.82 Å². The van der Waals surface area contributed by atoms with Crippen LogP contribution in [0.3, 0.4) is 0 Å². The van der Waals surface area contributed by atoms with Gasteiger partial charge in [0, 0.05) is 16.6 Å². The van der Waals surface area contributed by atoms with Crippen molar-refractivity contribution in [2.75, 3.05) is 0 Å². The van der Waals surface area contributed by atoms with Gasteiger partial charge in [-0.2, -0.15) is 0 Å². The molecule has 1 aromatic heterocycles. The molecule has 0 spiro atoms. The van der Waals surface area contributed by atoms with Gasteiger partial charge in [0.05, 0.1) is 5.88 Å². The zero-order valence-electron chi connectivity index (χ0n) is 9.74. The van der Waals surface area contributed by atoms with Crippen molar-refractivity contribution >= 4 is 27.5 Å². The molecule has 5 heteroatoms. The van der Waals surface area contributed by atoms with Gasteiger partial charge in [0.1, 0.15) is 5.82 Å². The monoisotopic (exact) mass is 313 g/mol. The molecular formula is C12H13BrClN3. The predicted molar refractivity (Wildman–Crippen MR) is 73.1 cm³/mol. The molecule has 0 amide bonds. The fourth-order valence-corrected chi connectivity index (χ4v) is 2.36. The summed E-state index contributed by atoms with van der Waals surface area (Å²) in [5.41, 5.74) is 2.27. The van der Waals surface area contributed by atoms with Gasteiger partial charge in [0.2, 0.25) is 0 Å². The summed E-state index contributed by atoms with van der Waals surface area (Å²) in [6, 6.07) is 6.14. The van der Waals surface area contributed by atoms with Gasteiger partial charge in [-0.05, 0) is 31.5 Å². The predicted octanol–water partition coefficient (Wildman–Crippen LogP) is 3.77. The molecule has 1 aromatic carbocycles. The van der Waals surface area contributed by atoms with Gasteiger partial charge in [-0.15, -0.1) is 21.8 Å². The lowest BCUT2D eigenvalue weighted by Crippen LogP contribution is -2.02. The van der Waals surface area contributed by atoms with E-state index in [1.54, 1.807) is 0 Å². The normalized spacial score (nSPS) is 10.8. The Hall–Kier alpha value is -0.870. The van der Waals surface area contributed by atoms with Gasteiger partial charge in [-0.1, -0.05) is 22.0 Å². The van der Waals surface area contributed by atoms with Crippen molar-refractivity contribution < 1.29 is 0 Å². The Morgan fingerprint density at radius 3 is 2.76 bits per heavy atom.